The highest BCUT2D eigenvalue weighted by atomic mass is 19.2. The minimum Gasteiger partial charge on any atom is -0.481 e. The molecule has 1 unspecified atom stereocenters. The Bertz CT molecular complexity index is 638. The van der Waals surface area contributed by atoms with Gasteiger partial charge in [-0.3, -0.25) is 4.79 Å². The summed E-state index contributed by atoms with van der Waals surface area (Å²) in [4.78, 5) is 11.4. The van der Waals surface area contributed by atoms with Crippen molar-refractivity contribution >= 4 is 5.97 Å². The Morgan fingerprint density at radius 1 is 1.20 bits per heavy atom. The summed E-state index contributed by atoms with van der Waals surface area (Å²) >= 11 is 0. The Balaban J connectivity index is 2.36. The van der Waals surface area contributed by atoms with E-state index in [2.05, 4.69) is 0 Å². The molecule has 0 bridgehead atoms. The molecule has 2 nitrogen and oxygen atoms in total. The van der Waals surface area contributed by atoms with Crippen molar-refractivity contribution in [2.24, 2.45) is 0 Å². The monoisotopic (exact) mass is 276 g/mol. The van der Waals surface area contributed by atoms with Crippen molar-refractivity contribution in [3.8, 4) is 0 Å². The first-order valence-electron chi connectivity index (χ1n) is 6.21. The van der Waals surface area contributed by atoms with Gasteiger partial charge in [0, 0.05) is 0 Å². The van der Waals surface area contributed by atoms with E-state index >= 15 is 0 Å². The van der Waals surface area contributed by atoms with E-state index in [0.717, 1.165) is 11.6 Å². The normalized spacial score (nSPS) is 12.2. The maximum Gasteiger partial charge on any atom is 0.311 e. The quantitative estimate of drug-likeness (QED) is 0.924. The predicted octanol–water partition coefficient (Wildman–Crippen LogP) is 3.68. The van der Waals surface area contributed by atoms with Crippen LogP contribution in [-0.2, 0) is 11.2 Å². The molecule has 0 aliphatic rings. The molecule has 0 heterocycles. The van der Waals surface area contributed by atoms with Crippen molar-refractivity contribution in [1.29, 1.82) is 0 Å². The van der Waals surface area contributed by atoms with Gasteiger partial charge in [0.15, 0.2) is 11.6 Å². The topological polar surface area (TPSA) is 37.3 Å². The van der Waals surface area contributed by atoms with Crippen LogP contribution in [0.1, 0.15) is 22.6 Å². The summed E-state index contributed by atoms with van der Waals surface area (Å²) in [6.45, 7) is 1.85. The van der Waals surface area contributed by atoms with Crippen LogP contribution in [-0.4, -0.2) is 11.1 Å². The van der Waals surface area contributed by atoms with Crippen LogP contribution in [0.15, 0.2) is 42.5 Å². The molecule has 0 saturated carbocycles. The van der Waals surface area contributed by atoms with Crippen molar-refractivity contribution in [3.63, 3.8) is 0 Å². The zero-order valence-corrected chi connectivity index (χ0v) is 10.9. The van der Waals surface area contributed by atoms with Crippen LogP contribution < -0.4 is 0 Å². The number of hydrogen-bond donors (Lipinski definition) is 1. The Hall–Kier alpha value is -2.23. The number of aliphatic carboxylic acids is 1. The molecule has 0 aromatic heterocycles. The lowest BCUT2D eigenvalue weighted by molar-refractivity contribution is -0.138. The van der Waals surface area contributed by atoms with Gasteiger partial charge in [0.25, 0.3) is 0 Å². The summed E-state index contributed by atoms with van der Waals surface area (Å²) in [6, 6.07) is 10.8. The largest absolute Gasteiger partial charge is 0.481 e. The second-order valence-electron chi connectivity index (χ2n) is 4.72. The van der Waals surface area contributed by atoms with Crippen LogP contribution in [0.2, 0.25) is 0 Å². The molecule has 1 N–H and O–H groups in total. The number of carboxylic acids is 1. The van der Waals surface area contributed by atoms with Gasteiger partial charge in [-0.1, -0.05) is 42.0 Å². The van der Waals surface area contributed by atoms with Crippen LogP contribution in [0.25, 0.3) is 0 Å². The van der Waals surface area contributed by atoms with Gasteiger partial charge in [-0.15, -0.1) is 0 Å². The summed E-state index contributed by atoms with van der Waals surface area (Å²) in [6.07, 6.45) is -0.0810. The molecular weight excluding hydrogens is 262 g/mol. The van der Waals surface area contributed by atoms with Gasteiger partial charge >= 0.3 is 5.97 Å². The van der Waals surface area contributed by atoms with Gasteiger partial charge < -0.3 is 5.11 Å². The highest BCUT2D eigenvalue weighted by Crippen LogP contribution is 2.24. The minimum absolute atomic E-state index is 0.0684. The van der Waals surface area contributed by atoms with Gasteiger partial charge in [-0.25, -0.2) is 8.78 Å². The molecule has 2 aromatic carbocycles. The van der Waals surface area contributed by atoms with Crippen LogP contribution in [0.3, 0.4) is 0 Å². The Morgan fingerprint density at radius 3 is 2.55 bits per heavy atom. The maximum atomic E-state index is 13.7. The average Bonchev–Trinajstić information content (AvgIpc) is 2.40. The van der Waals surface area contributed by atoms with E-state index in [-0.39, 0.29) is 12.0 Å². The van der Waals surface area contributed by atoms with E-state index in [0.29, 0.717) is 5.56 Å². The lowest BCUT2D eigenvalue weighted by Crippen LogP contribution is -2.15. The molecule has 1 atom stereocenters. The third kappa shape index (κ3) is 3.02. The molecule has 20 heavy (non-hydrogen) atoms. The van der Waals surface area contributed by atoms with E-state index in [1.165, 1.54) is 12.1 Å². The van der Waals surface area contributed by atoms with Gasteiger partial charge in [-0.05, 0) is 30.5 Å². The highest BCUT2D eigenvalue weighted by Gasteiger charge is 2.22. The average molecular weight is 276 g/mol. The maximum absolute atomic E-state index is 13.7. The first-order chi connectivity index (χ1) is 9.49. The van der Waals surface area contributed by atoms with Crippen molar-refractivity contribution in [2.45, 2.75) is 19.3 Å². The van der Waals surface area contributed by atoms with E-state index in [1.807, 2.05) is 13.0 Å². The first-order valence-corrected chi connectivity index (χ1v) is 6.21. The SMILES string of the molecule is Cc1cccc(C(Cc2cccc(F)c2F)C(=O)O)c1. The molecule has 104 valence electrons. The summed E-state index contributed by atoms with van der Waals surface area (Å²) in [5.74, 6) is -3.90. The van der Waals surface area contributed by atoms with Crippen LogP contribution >= 0.6 is 0 Å². The van der Waals surface area contributed by atoms with Gasteiger partial charge in [-0.2, -0.15) is 0 Å². The molecule has 0 amide bonds. The van der Waals surface area contributed by atoms with Gasteiger partial charge in [0.1, 0.15) is 0 Å². The molecule has 0 aliphatic heterocycles. The second-order valence-corrected chi connectivity index (χ2v) is 4.72. The number of aryl methyl sites for hydroxylation is 1. The summed E-state index contributed by atoms with van der Waals surface area (Å²) in [7, 11) is 0. The summed E-state index contributed by atoms with van der Waals surface area (Å²) in [5.41, 5.74) is 1.58. The first kappa shape index (κ1) is 14.2. The van der Waals surface area contributed by atoms with Crippen molar-refractivity contribution in [3.05, 3.63) is 70.8 Å². The smallest absolute Gasteiger partial charge is 0.311 e. The molecular formula is C16H14F2O2. The van der Waals surface area contributed by atoms with Crippen molar-refractivity contribution < 1.29 is 18.7 Å². The van der Waals surface area contributed by atoms with Crippen molar-refractivity contribution in [1.82, 2.24) is 0 Å². The van der Waals surface area contributed by atoms with E-state index in [9.17, 15) is 18.7 Å². The van der Waals surface area contributed by atoms with Gasteiger partial charge in [0.05, 0.1) is 5.92 Å². The van der Waals surface area contributed by atoms with Crippen LogP contribution in [0, 0.1) is 18.6 Å². The summed E-state index contributed by atoms with van der Waals surface area (Å²) < 4.78 is 26.8. The second kappa shape index (κ2) is 5.82. The Morgan fingerprint density at radius 2 is 1.90 bits per heavy atom. The van der Waals surface area contributed by atoms with Crippen molar-refractivity contribution in [2.75, 3.05) is 0 Å². The zero-order valence-electron chi connectivity index (χ0n) is 10.9. The van der Waals surface area contributed by atoms with E-state index in [1.54, 1.807) is 18.2 Å². The lowest BCUT2D eigenvalue weighted by Gasteiger charge is -2.14. The van der Waals surface area contributed by atoms with E-state index in [4.69, 9.17) is 0 Å². The number of carboxylic acid groups (broad SMARTS) is 1. The Kier molecular flexibility index (Phi) is 4.13. The number of rotatable bonds is 4. The Labute approximate surface area is 115 Å². The molecule has 0 fully saturated rings. The zero-order chi connectivity index (χ0) is 14.7. The predicted molar refractivity (Wildman–Crippen MR) is 71.6 cm³/mol. The molecule has 2 aromatic rings. The molecule has 0 aliphatic carbocycles. The number of carbonyl (C=O) groups is 1. The number of hydrogen-bond acceptors (Lipinski definition) is 1. The molecule has 0 radical (unpaired) electrons. The van der Waals surface area contributed by atoms with Crippen LogP contribution in [0.4, 0.5) is 8.78 Å². The molecule has 0 spiro atoms. The fraction of sp³-hybridized carbons (Fsp3) is 0.188. The fourth-order valence-corrected chi connectivity index (χ4v) is 2.16. The number of halogens is 2. The molecule has 4 heteroatoms. The molecule has 0 saturated heterocycles. The summed E-state index contributed by atoms with van der Waals surface area (Å²) in [5, 5.41) is 9.32. The van der Waals surface area contributed by atoms with E-state index < -0.39 is 23.5 Å². The highest BCUT2D eigenvalue weighted by molar-refractivity contribution is 5.76. The third-order valence-corrected chi connectivity index (χ3v) is 3.20. The third-order valence-electron chi connectivity index (χ3n) is 3.20. The lowest BCUT2D eigenvalue weighted by atomic mass is 9.91. The van der Waals surface area contributed by atoms with Crippen LogP contribution in [0.5, 0.6) is 0 Å². The molecule has 2 rings (SSSR count). The van der Waals surface area contributed by atoms with Gasteiger partial charge in [0.2, 0.25) is 0 Å². The standard InChI is InChI=1S/C16H14F2O2/c1-10-4-2-5-11(8-10)13(16(19)20)9-12-6-3-7-14(17)15(12)18/h2-8,13H,9H2,1H3,(H,19,20). The minimum atomic E-state index is -1.06. The number of benzene rings is 2. The fourth-order valence-electron chi connectivity index (χ4n) is 2.16.